The van der Waals surface area contributed by atoms with Gasteiger partial charge in [0, 0.05) is 6.42 Å². The Morgan fingerprint density at radius 3 is 2.00 bits per heavy atom. The van der Waals surface area contributed by atoms with Gasteiger partial charge in [-0.1, -0.05) is 5.06 Å². The van der Waals surface area contributed by atoms with Crippen LogP contribution in [-0.4, -0.2) is 39.5 Å². The van der Waals surface area contributed by atoms with Crippen LogP contribution in [0.1, 0.15) is 33.6 Å². The zero-order valence-corrected chi connectivity index (χ0v) is 9.14. The fraction of sp³-hybridized carbons (Fsp3) is 0.778. The Hall–Kier alpha value is -0.980. The molecule has 2 unspecified atom stereocenters. The Morgan fingerprint density at radius 2 is 1.67 bits per heavy atom. The molecule has 0 aliphatic rings. The summed E-state index contributed by atoms with van der Waals surface area (Å²) in [6.45, 7) is 4.07. The molecule has 0 bridgehead atoms. The summed E-state index contributed by atoms with van der Waals surface area (Å²) in [4.78, 5) is 26.4. The maximum atomic E-state index is 11.1. The predicted octanol–water partition coefficient (Wildman–Crippen LogP) is -0.208. The summed E-state index contributed by atoms with van der Waals surface area (Å²) in [5.74, 6) is -0.778. The summed E-state index contributed by atoms with van der Waals surface area (Å²) in [6.07, 6.45) is -2.19. The number of Topliss-reactive ketones (excluding diaryl/α,β-unsaturated/α-hetero) is 1. The predicted molar refractivity (Wildman–Crippen MR) is 51.2 cm³/mol. The van der Waals surface area contributed by atoms with Gasteiger partial charge in [-0.2, -0.15) is 0 Å². The zero-order valence-electron chi connectivity index (χ0n) is 9.14. The van der Waals surface area contributed by atoms with Crippen molar-refractivity contribution in [3.05, 3.63) is 0 Å². The van der Waals surface area contributed by atoms with Crippen molar-refractivity contribution in [2.24, 2.45) is 0 Å². The maximum Gasteiger partial charge on any atom is 0.325 e. The van der Waals surface area contributed by atoms with Gasteiger partial charge in [0.2, 0.25) is 0 Å². The number of carbonyl (C=O) groups is 2. The fourth-order valence-corrected chi connectivity index (χ4v) is 0.906. The molecule has 0 aromatic rings. The highest BCUT2D eigenvalue weighted by molar-refractivity contribution is 5.80. The van der Waals surface area contributed by atoms with Crippen LogP contribution in [-0.2, 0) is 14.4 Å². The molecule has 2 atom stereocenters. The first-order valence-electron chi connectivity index (χ1n) is 4.69. The van der Waals surface area contributed by atoms with E-state index < -0.39 is 18.4 Å². The number of ketones is 1. The fourth-order valence-electron chi connectivity index (χ4n) is 0.906. The molecule has 6 nitrogen and oxygen atoms in total. The summed E-state index contributed by atoms with van der Waals surface area (Å²) >= 11 is 0. The molecule has 0 saturated heterocycles. The molecule has 0 rings (SSSR count). The molecule has 0 spiro atoms. The minimum absolute atomic E-state index is 0.0642. The SMILES string of the molecule is CC(=O)CCC(=O)ON(C(C)O)C(C)O. The number of carbonyl (C=O) groups excluding carboxylic acids is 2. The van der Waals surface area contributed by atoms with Gasteiger partial charge in [0.15, 0.2) is 0 Å². The highest BCUT2D eigenvalue weighted by atomic mass is 16.7. The molecule has 0 fully saturated rings. The van der Waals surface area contributed by atoms with E-state index in [0.29, 0.717) is 0 Å². The second-order valence-corrected chi connectivity index (χ2v) is 3.29. The number of hydrogen-bond acceptors (Lipinski definition) is 6. The lowest BCUT2D eigenvalue weighted by atomic mass is 10.2. The van der Waals surface area contributed by atoms with E-state index in [9.17, 15) is 9.59 Å². The summed E-state index contributed by atoms with van der Waals surface area (Å²) in [6, 6.07) is 0. The summed E-state index contributed by atoms with van der Waals surface area (Å²) in [7, 11) is 0. The van der Waals surface area contributed by atoms with Crippen LogP contribution in [0.4, 0.5) is 0 Å². The molecule has 0 saturated carbocycles. The number of hydrogen-bond donors (Lipinski definition) is 2. The third-order valence-corrected chi connectivity index (χ3v) is 1.62. The third kappa shape index (κ3) is 6.16. The van der Waals surface area contributed by atoms with Crippen molar-refractivity contribution in [3.63, 3.8) is 0 Å². The van der Waals surface area contributed by atoms with Crippen LogP contribution >= 0.6 is 0 Å². The van der Waals surface area contributed by atoms with Gasteiger partial charge in [0.05, 0.1) is 6.42 Å². The lowest BCUT2D eigenvalue weighted by Gasteiger charge is -2.25. The quantitative estimate of drug-likeness (QED) is 0.475. The van der Waals surface area contributed by atoms with Crippen molar-refractivity contribution in [2.45, 2.75) is 46.1 Å². The molecular formula is C9H17NO5. The van der Waals surface area contributed by atoms with Gasteiger partial charge in [-0.3, -0.25) is 4.79 Å². The summed E-state index contributed by atoms with van der Waals surface area (Å²) in [5, 5.41) is 19.0. The number of rotatable bonds is 6. The Balaban J connectivity index is 4.06. The second-order valence-electron chi connectivity index (χ2n) is 3.29. The molecule has 0 heterocycles. The van der Waals surface area contributed by atoms with Gasteiger partial charge in [0.1, 0.15) is 18.2 Å². The van der Waals surface area contributed by atoms with Gasteiger partial charge in [-0.05, 0) is 20.8 Å². The van der Waals surface area contributed by atoms with Gasteiger partial charge < -0.3 is 19.8 Å². The van der Waals surface area contributed by atoms with Crippen molar-refractivity contribution in [2.75, 3.05) is 0 Å². The van der Waals surface area contributed by atoms with Crippen LogP contribution in [0.15, 0.2) is 0 Å². The van der Waals surface area contributed by atoms with Crippen molar-refractivity contribution < 1.29 is 24.6 Å². The lowest BCUT2D eigenvalue weighted by molar-refractivity contribution is -0.276. The highest BCUT2D eigenvalue weighted by Gasteiger charge is 2.21. The molecule has 0 aliphatic heterocycles. The monoisotopic (exact) mass is 219 g/mol. The molecule has 0 aromatic heterocycles. The van der Waals surface area contributed by atoms with Crippen molar-refractivity contribution in [1.29, 1.82) is 0 Å². The first-order chi connectivity index (χ1) is 6.84. The molecule has 2 N–H and O–H groups in total. The number of hydroxylamine groups is 2. The Kier molecular flexibility index (Phi) is 6.07. The minimum atomic E-state index is -1.11. The van der Waals surface area contributed by atoms with E-state index in [2.05, 4.69) is 4.84 Å². The van der Waals surface area contributed by atoms with Gasteiger partial charge in [-0.25, -0.2) is 0 Å². The second kappa shape index (κ2) is 6.49. The Morgan fingerprint density at radius 1 is 1.20 bits per heavy atom. The molecule has 6 heteroatoms. The minimum Gasteiger partial charge on any atom is -0.375 e. The van der Waals surface area contributed by atoms with Gasteiger partial charge in [0.25, 0.3) is 0 Å². The first-order valence-corrected chi connectivity index (χ1v) is 4.69. The Bertz CT molecular complexity index is 219. The van der Waals surface area contributed by atoms with E-state index >= 15 is 0 Å². The van der Waals surface area contributed by atoms with Crippen molar-refractivity contribution >= 4 is 11.8 Å². The lowest BCUT2D eigenvalue weighted by Crippen LogP contribution is -2.41. The Labute approximate surface area is 88.4 Å². The van der Waals surface area contributed by atoms with Crippen molar-refractivity contribution in [1.82, 2.24) is 5.06 Å². The summed E-state index contributed by atoms with van der Waals surface area (Å²) < 4.78 is 0. The highest BCUT2D eigenvalue weighted by Crippen LogP contribution is 2.05. The van der Waals surface area contributed by atoms with Crippen LogP contribution in [0, 0.1) is 0 Å². The third-order valence-electron chi connectivity index (χ3n) is 1.62. The molecular weight excluding hydrogens is 202 g/mol. The van der Waals surface area contributed by atoms with Gasteiger partial charge in [-0.15, -0.1) is 0 Å². The molecule has 15 heavy (non-hydrogen) atoms. The maximum absolute atomic E-state index is 11.1. The van der Waals surface area contributed by atoms with Crippen LogP contribution in [0.3, 0.4) is 0 Å². The number of aliphatic hydroxyl groups is 2. The molecule has 0 amide bonds. The molecule has 0 aliphatic carbocycles. The molecule has 0 radical (unpaired) electrons. The topological polar surface area (TPSA) is 87.1 Å². The molecule has 0 aromatic carbocycles. The van der Waals surface area contributed by atoms with E-state index in [1.54, 1.807) is 0 Å². The van der Waals surface area contributed by atoms with Gasteiger partial charge >= 0.3 is 5.97 Å². The normalized spacial score (nSPS) is 14.8. The summed E-state index contributed by atoms with van der Waals surface area (Å²) in [5.41, 5.74) is 0. The van der Waals surface area contributed by atoms with E-state index in [1.165, 1.54) is 20.8 Å². The number of nitrogens with zero attached hydrogens (tertiary/aromatic N) is 1. The zero-order chi connectivity index (χ0) is 12.0. The number of aliphatic hydroxyl groups excluding tert-OH is 2. The molecule has 88 valence electrons. The first kappa shape index (κ1) is 14.0. The van der Waals surface area contributed by atoms with E-state index in [4.69, 9.17) is 10.2 Å². The standard InChI is InChI=1S/C9H17NO5/c1-6(11)4-5-9(14)15-10(7(2)12)8(3)13/h7-8,12-13H,4-5H2,1-3H3. The largest absolute Gasteiger partial charge is 0.375 e. The van der Waals surface area contributed by atoms with Crippen LogP contribution in [0.25, 0.3) is 0 Å². The van der Waals surface area contributed by atoms with Crippen LogP contribution < -0.4 is 0 Å². The smallest absolute Gasteiger partial charge is 0.325 e. The average molecular weight is 219 g/mol. The average Bonchev–Trinajstić information content (AvgIpc) is 2.09. The van der Waals surface area contributed by atoms with E-state index in [-0.39, 0.29) is 18.6 Å². The van der Waals surface area contributed by atoms with Crippen molar-refractivity contribution in [3.8, 4) is 0 Å². The van der Waals surface area contributed by atoms with E-state index in [0.717, 1.165) is 5.06 Å². The van der Waals surface area contributed by atoms with E-state index in [1.807, 2.05) is 0 Å². The van der Waals surface area contributed by atoms with Crippen LogP contribution in [0.2, 0.25) is 0 Å². The van der Waals surface area contributed by atoms with Crippen LogP contribution in [0.5, 0.6) is 0 Å².